The molecule has 2 rings (SSSR count). The van der Waals surface area contributed by atoms with Crippen LogP contribution in [0.15, 0.2) is 30.9 Å². The molecular formula is C13H16N2O3. The lowest BCUT2D eigenvalue weighted by atomic mass is 10.0. The molecular weight excluding hydrogens is 232 g/mol. The van der Waals surface area contributed by atoms with Crippen molar-refractivity contribution in [2.45, 2.75) is 19.4 Å². The van der Waals surface area contributed by atoms with Crippen molar-refractivity contribution in [2.24, 2.45) is 0 Å². The van der Waals surface area contributed by atoms with Crippen molar-refractivity contribution in [1.82, 2.24) is 10.9 Å². The van der Waals surface area contributed by atoms with Gasteiger partial charge in [0.25, 0.3) is 0 Å². The van der Waals surface area contributed by atoms with Gasteiger partial charge in [-0.3, -0.25) is 10.2 Å². The Hall–Kier alpha value is -2.01. The third kappa shape index (κ3) is 2.81. The summed E-state index contributed by atoms with van der Waals surface area (Å²) >= 11 is 0. The Labute approximate surface area is 106 Å². The molecule has 0 radical (unpaired) electrons. The quantitative estimate of drug-likeness (QED) is 0.614. The number of carbonyl (C=O) groups excluding carboxylic acids is 1. The SMILES string of the molecule is C=CC[C@@H](NNC(C)=O)c1ccc2c(c1)OCO2. The van der Waals surface area contributed by atoms with E-state index in [1.165, 1.54) is 6.92 Å². The van der Waals surface area contributed by atoms with Gasteiger partial charge in [-0.1, -0.05) is 12.1 Å². The lowest BCUT2D eigenvalue weighted by Crippen LogP contribution is -2.38. The maximum Gasteiger partial charge on any atom is 0.231 e. The highest BCUT2D eigenvalue weighted by molar-refractivity contribution is 5.72. The molecule has 18 heavy (non-hydrogen) atoms. The predicted octanol–water partition coefficient (Wildman–Crippen LogP) is 1.67. The van der Waals surface area contributed by atoms with Crippen LogP contribution in [0.3, 0.4) is 0 Å². The van der Waals surface area contributed by atoms with Crippen molar-refractivity contribution in [3.05, 3.63) is 36.4 Å². The van der Waals surface area contributed by atoms with Crippen molar-refractivity contribution < 1.29 is 14.3 Å². The average Bonchev–Trinajstić information content (AvgIpc) is 2.81. The van der Waals surface area contributed by atoms with Crippen LogP contribution in [0.2, 0.25) is 0 Å². The van der Waals surface area contributed by atoms with Crippen LogP contribution in [0.5, 0.6) is 11.5 Å². The third-order valence-electron chi connectivity index (χ3n) is 2.62. The lowest BCUT2D eigenvalue weighted by molar-refractivity contribution is -0.120. The summed E-state index contributed by atoms with van der Waals surface area (Å²) in [5, 5.41) is 0. The van der Waals surface area contributed by atoms with E-state index in [0.29, 0.717) is 6.42 Å². The highest BCUT2D eigenvalue weighted by atomic mass is 16.7. The van der Waals surface area contributed by atoms with E-state index < -0.39 is 0 Å². The second-order valence-corrected chi connectivity index (χ2v) is 4.02. The summed E-state index contributed by atoms with van der Waals surface area (Å²) in [6.07, 6.45) is 2.49. The van der Waals surface area contributed by atoms with Crippen LogP contribution in [0.4, 0.5) is 0 Å². The van der Waals surface area contributed by atoms with Crippen LogP contribution in [-0.4, -0.2) is 12.7 Å². The Balaban J connectivity index is 2.14. The first-order chi connectivity index (χ1) is 8.70. The third-order valence-corrected chi connectivity index (χ3v) is 2.62. The molecule has 2 N–H and O–H groups in total. The number of ether oxygens (including phenoxy) is 2. The molecule has 1 heterocycles. The van der Waals surface area contributed by atoms with Crippen molar-refractivity contribution in [3.63, 3.8) is 0 Å². The fourth-order valence-electron chi connectivity index (χ4n) is 1.76. The molecule has 1 aromatic rings. The van der Waals surface area contributed by atoms with Crippen molar-refractivity contribution in [1.29, 1.82) is 0 Å². The summed E-state index contributed by atoms with van der Waals surface area (Å²) in [6, 6.07) is 5.67. The van der Waals surface area contributed by atoms with E-state index in [4.69, 9.17) is 9.47 Å². The molecule has 5 nitrogen and oxygen atoms in total. The second kappa shape index (κ2) is 5.55. The number of hydrazine groups is 1. The standard InChI is InChI=1S/C13H16N2O3/c1-3-4-11(15-14-9(2)16)10-5-6-12-13(7-10)18-8-17-12/h3,5-7,11,15H,1,4,8H2,2H3,(H,14,16)/t11-/m1/s1. The number of rotatable bonds is 5. The molecule has 0 saturated heterocycles. The van der Waals surface area contributed by atoms with E-state index in [1.807, 2.05) is 18.2 Å². The van der Waals surface area contributed by atoms with Crippen molar-refractivity contribution >= 4 is 5.91 Å². The zero-order valence-corrected chi connectivity index (χ0v) is 10.2. The molecule has 0 aliphatic carbocycles. The number of fused-ring (bicyclic) bond motifs is 1. The van der Waals surface area contributed by atoms with Gasteiger partial charge < -0.3 is 9.47 Å². The molecule has 0 spiro atoms. The lowest BCUT2D eigenvalue weighted by Gasteiger charge is -2.18. The molecule has 1 aromatic carbocycles. The predicted molar refractivity (Wildman–Crippen MR) is 67.1 cm³/mol. The van der Waals surface area contributed by atoms with Crippen LogP contribution in [0.1, 0.15) is 24.9 Å². The fourth-order valence-corrected chi connectivity index (χ4v) is 1.76. The number of amides is 1. The molecule has 0 bridgehead atoms. The fraction of sp³-hybridized carbons (Fsp3) is 0.308. The topological polar surface area (TPSA) is 59.6 Å². The van der Waals surface area contributed by atoms with Gasteiger partial charge in [0.15, 0.2) is 11.5 Å². The van der Waals surface area contributed by atoms with E-state index in [0.717, 1.165) is 17.1 Å². The minimum atomic E-state index is -0.134. The second-order valence-electron chi connectivity index (χ2n) is 4.02. The number of hydrogen-bond donors (Lipinski definition) is 2. The molecule has 1 aliphatic rings. The highest BCUT2D eigenvalue weighted by Gasteiger charge is 2.17. The van der Waals surface area contributed by atoms with Gasteiger partial charge >= 0.3 is 0 Å². The Morgan fingerprint density at radius 3 is 3.00 bits per heavy atom. The average molecular weight is 248 g/mol. The summed E-state index contributed by atoms with van der Waals surface area (Å²) < 4.78 is 10.6. The van der Waals surface area contributed by atoms with Gasteiger partial charge in [0.05, 0.1) is 6.04 Å². The summed E-state index contributed by atoms with van der Waals surface area (Å²) in [4.78, 5) is 10.9. The van der Waals surface area contributed by atoms with Crippen LogP contribution in [-0.2, 0) is 4.79 Å². The Kier molecular flexibility index (Phi) is 3.84. The van der Waals surface area contributed by atoms with Gasteiger partial charge in [0.1, 0.15) is 0 Å². The Morgan fingerprint density at radius 2 is 2.28 bits per heavy atom. The number of hydrogen-bond acceptors (Lipinski definition) is 4. The normalized spacial score (nSPS) is 14.1. The molecule has 0 fully saturated rings. The minimum Gasteiger partial charge on any atom is -0.454 e. The minimum absolute atomic E-state index is 0.0408. The maximum atomic E-state index is 10.9. The smallest absolute Gasteiger partial charge is 0.231 e. The van der Waals surface area contributed by atoms with E-state index in [-0.39, 0.29) is 18.7 Å². The van der Waals surface area contributed by atoms with Crippen LogP contribution in [0, 0.1) is 0 Å². The zero-order chi connectivity index (χ0) is 13.0. The molecule has 0 unspecified atom stereocenters. The Morgan fingerprint density at radius 1 is 1.50 bits per heavy atom. The highest BCUT2D eigenvalue weighted by Crippen LogP contribution is 2.34. The van der Waals surface area contributed by atoms with E-state index in [2.05, 4.69) is 17.4 Å². The molecule has 1 aliphatic heterocycles. The van der Waals surface area contributed by atoms with Gasteiger partial charge in [-0.05, 0) is 24.1 Å². The van der Waals surface area contributed by atoms with Gasteiger partial charge in [-0.25, -0.2) is 5.43 Å². The van der Waals surface area contributed by atoms with Crippen LogP contribution < -0.4 is 20.3 Å². The summed E-state index contributed by atoms with van der Waals surface area (Å²) in [7, 11) is 0. The zero-order valence-electron chi connectivity index (χ0n) is 10.2. The molecule has 96 valence electrons. The maximum absolute atomic E-state index is 10.9. The molecule has 0 saturated carbocycles. The first kappa shape index (κ1) is 12.4. The summed E-state index contributed by atoms with van der Waals surface area (Å²) in [5.74, 6) is 1.34. The summed E-state index contributed by atoms with van der Waals surface area (Å²) in [5.41, 5.74) is 6.56. The van der Waals surface area contributed by atoms with Crippen molar-refractivity contribution in [2.75, 3.05) is 6.79 Å². The van der Waals surface area contributed by atoms with E-state index >= 15 is 0 Å². The van der Waals surface area contributed by atoms with Gasteiger partial charge in [0, 0.05) is 6.92 Å². The molecule has 1 amide bonds. The van der Waals surface area contributed by atoms with Gasteiger partial charge in [0.2, 0.25) is 12.7 Å². The number of carbonyl (C=O) groups is 1. The molecule has 0 aromatic heterocycles. The van der Waals surface area contributed by atoms with Gasteiger partial charge in [-0.15, -0.1) is 6.58 Å². The number of nitrogens with one attached hydrogen (secondary N) is 2. The number of benzene rings is 1. The van der Waals surface area contributed by atoms with E-state index in [9.17, 15) is 4.79 Å². The van der Waals surface area contributed by atoms with Gasteiger partial charge in [-0.2, -0.15) is 0 Å². The van der Waals surface area contributed by atoms with Crippen molar-refractivity contribution in [3.8, 4) is 11.5 Å². The van der Waals surface area contributed by atoms with Crippen LogP contribution in [0.25, 0.3) is 0 Å². The molecule has 5 heteroatoms. The monoisotopic (exact) mass is 248 g/mol. The summed E-state index contributed by atoms with van der Waals surface area (Å²) in [6.45, 7) is 5.43. The first-order valence-corrected chi connectivity index (χ1v) is 5.73. The Bertz CT molecular complexity index is 460. The molecule has 1 atom stereocenters. The first-order valence-electron chi connectivity index (χ1n) is 5.73. The van der Waals surface area contributed by atoms with E-state index in [1.54, 1.807) is 6.08 Å². The largest absolute Gasteiger partial charge is 0.454 e. The van der Waals surface area contributed by atoms with Crippen LogP contribution >= 0.6 is 0 Å².